The minimum Gasteiger partial charge on any atom is -0.359 e. The van der Waals surface area contributed by atoms with Gasteiger partial charge in [0.25, 0.3) is 0 Å². The number of hydrogen-bond acceptors (Lipinski definition) is 4. The van der Waals surface area contributed by atoms with Crippen molar-refractivity contribution in [2.45, 2.75) is 97.3 Å². The van der Waals surface area contributed by atoms with Crippen LogP contribution >= 0.6 is 47.5 Å². The maximum atomic E-state index is 2.61. The number of thioether (sulfide) groups is 2. The Hall–Kier alpha value is 0.250. The van der Waals surface area contributed by atoms with Crippen LogP contribution in [0.2, 0.25) is 0 Å². The summed E-state index contributed by atoms with van der Waals surface area (Å²) in [6, 6.07) is 0. The fourth-order valence-corrected chi connectivity index (χ4v) is 5.86. The van der Waals surface area contributed by atoms with Gasteiger partial charge < -0.3 is 9.80 Å². The molecule has 28 heavy (non-hydrogen) atoms. The number of hydrogen-bond donors (Lipinski definition) is 0. The van der Waals surface area contributed by atoms with Gasteiger partial charge in [-0.1, -0.05) is 77.0 Å². The molecule has 0 N–H and O–H groups in total. The normalized spacial score (nSPS) is 20.6. The second-order valence-electron chi connectivity index (χ2n) is 7.84. The maximum absolute atomic E-state index is 2.61. The second kappa shape index (κ2) is 15.1. The molecule has 0 fully saturated rings. The van der Waals surface area contributed by atoms with Gasteiger partial charge in [0.2, 0.25) is 0 Å². The summed E-state index contributed by atoms with van der Waals surface area (Å²) < 4.78 is 0. The molecule has 0 aromatic rings. The van der Waals surface area contributed by atoms with Gasteiger partial charge in [-0.2, -0.15) is 0 Å². The molecule has 0 aliphatic carbocycles. The highest BCUT2D eigenvalue weighted by Crippen LogP contribution is 2.39. The van der Waals surface area contributed by atoms with E-state index >= 15 is 0 Å². The topological polar surface area (TPSA) is 6.48 Å². The third-order valence-electron chi connectivity index (χ3n) is 5.45. The van der Waals surface area contributed by atoms with Crippen molar-refractivity contribution >= 4 is 47.5 Å². The Kier molecular flexibility index (Phi) is 14.2. The first-order valence-corrected chi connectivity index (χ1v) is 12.9. The molecule has 0 saturated heterocycles. The quantitative estimate of drug-likeness (QED) is 0.172. The van der Waals surface area contributed by atoms with E-state index in [4.69, 9.17) is 0 Å². The number of rotatable bonds is 13. The van der Waals surface area contributed by atoms with E-state index in [0.29, 0.717) is 5.37 Å². The SMILES string of the molecule is CCCCCCCN1C(C)=CSC1=CC1SC=C(C)N1CCCCCCC.I. The molecule has 2 aliphatic heterocycles. The van der Waals surface area contributed by atoms with Crippen LogP contribution in [-0.2, 0) is 0 Å². The standard InChI is InChI=1S/C23H40N2S2.HI/c1-5-7-9-11-13-15-24-20(3)18-26-22(24)17-23-25(21(4)19-27-23)16-14-12-10-8-6-2;/h17-19,22H,5-16H2,1-4H3;1H. The first-order chi connectivity index (χ1) is 13.2. The lowest BCUT2D eigenvalue weighted by Crippen LogP contribution is -2.28. The van der Waals surface area contributed by atoms with E-state index in [1.807, 2.05) is 23.5 Å². The lowest BCUT2D eigenvalue weighted by atomic mass is 10.1. The van der Waals surface area contributed by atoms with Gasteiger partial charge in [0.15, 0.2) is 0 Å². The number of allylic oxidation sites excluding steroid dienone is 2. The summed E-state index contributed by atoms with van der Waals surface area (Å²) in [6.45, 7) is 11.5. The summed E-state index contributed by atoms with van der Waals surface area (Å²) in [6.07, 6.45) is 16.0. The van der Waals surface area contributed by atoms with Crippen LogP contribution in [0, 0.1) is 0 Å². The highest BCUT2D eigenvalue weighted by atomic mass is 127. The van der Waals surface area contributed by atoms with E-state index in [0.717, 1.165) is 0 Å². The molecule has 162 valence electrons. The van der Waals surface area contributed by atoms with Gasteiger partial charge in [-0.05, 0) is 43.6 Å². The highest BCUT2D eigenvalue weighted by Gasteiger charge is 2.25. The fraction of sp³-hybridized carbons (Fsp3) is 0.739. The van der Waals surface area contributed by atoms with Crippen molar-refractivity contribution in [2.75, 3.05) is 13.1 Å². The minimum atomic E-state index is 0. The van der Waals surface area contributed by atoms with Crippen LogP contribution in [0.5, 0.6) is 0 Å². The van der Waals surface area contributed by atoms with Crippen molar-refractivity contribution in [3.63, 3.8) is 0 Å². The molecular formula is C23H41IN2S2. The van der Waals surface area contributed by atoms with Gasteiger partial charge in [0.1, 0.15) is 5.37 Å². The molecule has 0 saturated carbocycles. The molecule has 0 spiro atoms. The molecule has 0 amide bonds. The smallest absolute Gasteiger partial charge is 0.100 e. The highest BCUT2D eigenvalue weighted by molar-refractivity contribution is 14.0. The van der Waals surface area contributed by atoms with Crippen LogP contribution in [0.15, 0.2) is 33.3 Å². The first kappa shape index (κ1) is 26.3. The van der Waals surface area contributed by atoms with Crippen molar-refractivity contribution < 1.29 is 0 Å². The zero-order valence-electron chi connectivity index (χ0n) is 18.4. The summed E-state index contributed by atoms with van der Waals surface area (Å²) in [4.78, 5) is 5.15. The van der Waals surface area contributed by atoms with Crippen LogP contribution < -0.4 is 0 Å². The van der Waals surface area contributed by atoms with Gasteiger partial charge in [-0.15, -0.1) is 35.7 Å². The third-order valence-corrected chi connectivity index (χ3v) is 7.66. The van der Waals surface area contributed by atoms with Crippen molar-refractivity contribution in [1.29, 1.82) is 0 Å². The lowest BCUT2D eigenvalue weighted by Gasteiger charge is -2.28. The second-order valence-corrected chi connectivity index (χ2v) is 9.72. The van der Waals surface area contributed by atoms with Crippen molar-refractivity contribution in [3.8, 4) is 0 Å². The van der Waals surface area contributed by atoms with E-state index in [1.165, 1.54) is 93.7 Å². The fourth-order valence-electron chi connectivity index (χ4n) is 3.69. The molecule has 2 rings (SSSR count). The number of halogens is 1. The minimum absolute atomic E-state index is 0. The molecule has 1 unspecified atom stereocenters. The zero-order chi connectivity index (χ0) is 19.5. The molecule has 0 aromatic carbocycles. The average Bonchev–Trinajstić information content (AvgIpc) is 3.18. The molecule has 2 nitrogen and oxygen atoms in total. The zero-order valence-corrected chi connectivity index (χ0v) is 22.4. The maximum Gasteiger partial charge on any atom is 0.100 e. The van der Waals surface area contributed by atoms with E-state index in [2.05, 4.69) is 54.4 Å². The molecule has 2 aliphatic rings. The Morgan fingerprint density at radius 2 is 1.43 bits per heavy atom. The van der Waals surface area contributed by atoms with Gasteiger partial charge in [-0.3, -0.25) is 0 Å². The van der Waals surface area contributed by atoms with E-state index < -0.39 is 0 Å². The predicted molar refractivity (Wildman–Crippen MR) is 141 cm³/mol. The van der Waals surface area contributed by atoms with E-state index in [-0.39, 0.29) is 24.0 Å². The van der Waals surface area contributed by atoms with Crippen LogP contribution in [0.3, 0.4) is 0 Å². The summed E-state index contributed by atoms with van der Waals surface area (Å²) in [5, 5.41) is 6.59. The van der Waals surface area contributed by atoms with Crippen molar-refractivity contribution in [2.24, 2.45) is 0 Å². The summed E-state index contributed by atoms with van der Waals surface area (Å²) in [5.41, 5.74) is 2.86. The molecule has 1 atom stereocenters. The van der Waals surface area contributed by atoms with Crippen LogP contribution in [0.25, 0.3) is 0 Å². The Labute approximate surface area is 200 Å². The Morgan fingerprint density at radius 3 is 2.07 bits per heavy atom. The van der Waals surface area contributed by atoms with Gasteiger partial charge in [-0.25, -0.2) is 0 Å². The lowest BCUT2D eigenvalue weighted by molar-refractivity contribution is 0.348. The summed E-state index contributed by atoms with van der Waals surface area (Å²) >= 11 is 3.89. The number of nitrogens with zero attached hydrogens (tertiary/aromatic N) is 2. The van der Waals surface area contributed by atoms with Gasteiger partial charge >= 0.3 is 0 Å². The van der Waals surface area contributed by atoms with Crippen molar-refractivity contribution in [3.05, 3.63) is 33.3 Å². The molecular weight excluding hydrogens is 495 g/mol. The van der Waals surface area contributed by atoms with Crippen molar-refractivity contribution in [1.82, 2.24) is 9.80 Å². The average molecular weight is 537 g/mol. The Morgan fingerprint density at radius 1 is 0.821 bits per heavy atom. The van der Waals surface area contributed by atoms with E-state index in [1.54, 1.807) is 0 Å². The molecule has 2 heterocycles. The van der Waals surface area contributed by atoms with E-state index in [9.17, 15) is 0 Å². The van der Waals surface area contributed by atoms with Crippen LogP contribution in [0.4, 0.5) is 0 Å². The molecule has 0 bridgehead atoms. The van der Waals surface area contributed by atoms with Gasteiger partial charge in [0, 0.05) is 24.5 Å². The largest absolute Gasteiger partial charge is 0.359 e. The molecule has 5 heteroatoms. The summed E-state index contributed by atoms with van der Waals surface area (Å²) in [5.74, 6) is 0. The molecule has 0 radical (unpaired) electrons. The monoisotopic (exact) mass is 536 g/mol. The van der Waals surface area contributed by atoms with Crippen LogP contribution in [-0.4, -0.2) is 28.3 Å². The van der Waals surface area contributed by atoms with Gasteiger partial charge in [0.05, 0.1) is 5.03 Å². The third kappa shape index (κ3) is 8.55. The van der Waals surface area contributed by atoms with Crippen LogP contribution in [0.1, 0.15) is 91.9 Å². The first-order valence-electron chi connectivity index (χ1n) is 11.1. The molecule has 0 aromatic heterocycles. The Balaban J connectivity index is 0.00000392. The Bertz CT molecular complexity index is 531. The predicted octanol–water partition coefficient (Wildman–Crippen LogP) is 8.53. The number of unbranched alkanes of at least 4 members (excludes halogenated alkanes) is 8. The summed E-state index contributed by atoms with van der Waals surface area (Å²) in [7, 11) is 0.